The Morgan fingerprint density at radius 2 is 2.05 bits per heavy atom. The molecule has 1 saturated heterocycles. The number of carbonyl (C=O) groups excluding carboxylic acids is 1. The number of pyridine rings is 1. The van der Waals surface area contributed by atoms with Crippen LogP contribution < -0.4 is 0 Å². The Labute approximate surface area is 129 Å². The van der Waals surface area contributed by atoms with Crippen LogP contribution in [0.2, 0.25) is 5.15 Å². The van der Waals surface area contributed by atoms with Gasteiger partial charge < -0.3 is 4.90 Å². The number of likely N-dealkylation sites (tertiary alicyclic amines) is 1. The Morgan fingerprint density at radius 3 is 2.76 bits per heavy atom. The molecule has 0 N–H and O–H groups in total. The van der Waals surface area contributed by atoms with Gasteiger partial charge in [0.25, 0.3) is 5.91 Å². The second-order valence-corrected chi connectivity index (χ2v) is 5.85. The van der Waals surface area contributed by atoms with E-state index in [1.807, 2.05) is 30.0 Å². The number of benzene rings is 1. The Morgan fingerprint density at radius 1 is 1.29 bits per heavy atom. The third-order valence-electron chi connectivity index (χ3n) is 3.92. The van der Waals surface area contributed by atoms with E-state index in [0.717, 1.165) is 25.2 Å². The summed E-state index contributed by atoms with van der Waals surface area (Å²) >= 11 is 5.94. The molecular weight excluding hydrogens is 284 g/mol. The molecule has 1 aliphatic heterocycles. The lowest BCUT2D eigenvalue weighted by molar-refractivity contribution is 0.0790. The van der Waals surface area contributed by atoms with Crippen molar-refractivity contribution in [2.45, 2.75) is 19.3 Å². The zero-order chi connectivity index (χ0) is 14.8. The number of halogens is 1. The minimum atomic E-state index is 0.0424. The lowest BCUT2D eigenvalue weighted by atomic mass is 9.99. The third-order valence-corrected chi connectivity index (χ3v) is 4.11. The fourth-order valence-corrected chi connectivity index (χ4v) is 3.13. The molecule has 0 bridgehead atoms. The van der Waals surface area contributed by atoms with E-state index in [-0.39, 0.29) is 5.91 Å². The minimum Gasteiger partial charge on any atom is -0.338 e. The van der Waals surface area contributed by atoms with Crippen LogP contribution in [0.4, 0.5) is 0 Å². The van der Waals surface area contributed by atoms with Crippen LogP contribution in [0.25, 0.3) is 0 Å². The topological polar surface area (TPSA) is 33.2 Å². The molecule has 2 aromatic rings. The van der Waals surface area contributed by atoms with E-state index in [2.05, 4.69) is 17.1 Å². The first-order valence-corrected chi connectivity index (χ1v) is 7.49. The fourth-order valence-electron chi connectivity index (χ4n) is 2.88. The lowest BCUT2D eigenvalue weighted by Crippen LogP contribution is -2.28. The van der Waals surface area contributed by atoms with Gasteiger partial charge in [-0.15, -0.1) is 0 Å². The molecule has 3 rings (SSSR count). The summed E-state index contributed by atoms with van der Waals surface area (Å²) in [5, 5.41) is 0.372. The molecule has 0 aliphatic carbocycles. The molecule has 0 spiro atoms. The van der Waals surface area contributed by atoms with E-state index in [0.29, 0.717) is 16.6 Å². The normalized spacial score (nSPS) is 18.0. The second-order valence-electron chi connectivity index (χ2n) is 5.47. The number of nitrogens with zero attached hydrogens (tertiary/aromatic N) is 2. The van der Waals surface area contributed by atoms with Crippen LogP contribution in [0.3, 0.4) is 0 Å². The maximum atomic E-state index is 12.6. The molecule has 3 nitrogen and oxygen atoms in total. The van der Waals surface area contributed by atoms with E-state index in [9.17, 15) is 4.79 Å². The Bertz CT molecular complexity index is 637. The summed E-state index contributed by atoms with van der Waals surface area (Å²) in [6.45, 7) is 3.40. The van der Waals surface area contributed by atoms with Gasteiger partial charge in [-0.1, -0.05) is 41.9 Å². The summed E-state index contributed by atoms with van der Waals surface area (Å²) in [7, 11) is 0. The predicted molar refractivity (Wildman–Crippen MR) is 83.7 cm³/mol. The highest BCUT2D eigenvalue weighted by Gasteiger charge is 2.28. The molecule has 108 valence electrons. The smallest absolute Gasteiger partial charge is 0.254 e. The fraction of sp³-hybridized carbons (Fsp3) is 0.294. The number of amides is 1. The highest BCUT2D eigenvalue weighted by Crippen LogP contribution is 2.28. The lowest BCUT2D eigenvalue weighted by Gasteiger charge is -2.17. The highest BCUT2D eigenvalue weighted by atomic mass is 35.5. The molecule has 1 amide bonds. The first-order chi connectivity index (χ1) is 10.1. The molecule has 1 atom stereocenters. The van der Waals surface area contributed by atoms with Crippen LogP contribution in [-0.2, 0) is 0 Å². The Balaban J connectivity index is 1.75. The average molecular weight is 301 g/mol. The summed E-state index contributed by atoms with van der Waals surface area (Å²) in [5.41, 5.74) is 2.70. The number of aryl methyl sites for hydroxylation is 1. The molecule has 4 heteroatoms. The van der Waals surface area contributed by atoms with Crippen molar-refractivity contribution in [3.63, 3.8) is 0 Å². The van der Waals surface area contributed by atoms with E-state index < -0.39 is 0 Å². The maximum absolute atomic E-state index is 12.6. The van der Waals surface area contributed by atoms with Crippen LogP contribution in [-0.4, -0.2) is 28.9 Å². The van der Waals surface area contributed by atoms with Crippen molar-refractivity contribution >= 4 is 17.5 Å². The van der Waals surface area contributed by atoms with Crippen molar-refractivity contribution in [3.8, 4) is 0 Å². The van der Waals surface area contributed by atoms with Gasteiger partial charge in [0.05, 0.1) is 0 Å². The molecule has 0 saturated carbocycles. The van der Waals surface area contributed by atoms with Gasteiger partial charge in [-0.25, -0.2) is 4.98 Å². The summed E-state index contributed by atoms with van der Waals surface area (Å²) in [5.74, 6) is 0.467. The molecular formula is C17H17ClN2O. The Hall–Kier alpha value is -1.87. The van der Waals surface area contributed by atoms with E-state index in [4.69, 9.17) is 11.6 Å². The van der Waals surface area contributed by atoms with Gasteiger partial charge in [0.1, 0.15) is 5.15 Å². The van der Waals surface area contributed by atoms with Gasteiger partial charge in [-0.3, -0.25) is 4.79 Å². The molecule has 1 aromatic heterocycles. The van der Waals surface area contributed by atoms with Crippen LogP contribution in [0.5, 0.6) is 0 Å². The molecule has 1 aromatic carbocycles. The molecule has 1 unspecified atom stereocenters. The van der Waals surface area contributed by atoms with Crippen molar-refractivity contribution < 1.29 is 4.79 Å². The summed E-state index contributed by atoms with van der Waals surface area (Å²) < 4.78 is 0. The molecule has 0 radical (unpaired) electrons. The molecule has 1 fully saturated rings. The van der Waals surface area contributed by atoms with Crippen molar-refractivity contribution in [2.24, 2.45) is 0 Å². The maximum Gasteiger partial charge on any atom is 0.254 e. The number of aromatic nitrogens is 1. The van der Waals surface area contributed by atoms with Crippen molar-refractivity contribution in [1.82, 2.24) is 9.88 Å². The monoisotopic (exact) mass is 300 g/mol. The summed E-state index contributed by atoms with van der Waals surface area (Å²) in [6.07, 6.45) is 1.01. The first-order valence-electron chi connectivity index (χ1n) is 7.12. The number of rotatable bonds is 2. The largest absolute Gasteiger partial charge is 0.338 e. The van der Waals surface area contributed by atoms with Crippen LogP contribution in [0, 0.1) is 6.92 Å². The average Bonchev–Trinajstić information content (AvgIpc) is 2.96. The van der Waals surface area contributed by atoms with Gasteiger partial charge in [0.15, 0.2) is 0 Å². The first kappa shape index (κ1) is 14.1. The van der Waals surface area contributed by atoms with Crippen LogP contribution in [0.1, 0.15) is 34.0 Å². The number of hydrogen-bond donors (Lipinski definition) is 0. The third kappa shape index (κ3) is 3.08. The minimum absolute atomic E-state index is 0.0424. The van der Waals surface area contributed by atoms with Crippen molar-refractivity contribution in [3.05, 3.63) is 64.4 Å². The SMILES string of the molecule is Cc1cc(C(=O)N2CCC(c3ccccc3)C2)cc(Cl)n1. The number of carbonyl (C=O) groups is 1. The Kier molecular flexibility index (Phi) is 3.93. The van der Waals surface area contributed by atoms with Gasteiger partial charge in [0.2, 0.25) is 0 Å². The van der Waals surface area contributed by atoms with Gasteiger partial charge in [-0.2, -0.15) is 0 Å². The van der Waals surface area contributed by atoms with Gasteiger partial charge in [0, 0.05) is 30.3 Å². The number of hydrogen-bond acceptors (Lipinski definition) is 2. The zero-order valence-electron chi connectivity index (χ0n) is 11.9. The van der Waals surface area contributed by atoms with Crippen LogP contribution in [0.15, 0.2) is 42.5 Å². The van der Waals surface area contributed by atoms with Crippen molar-refractivity contribution in [1.29, 1.82) is 0 Å². The highest BCUT2D eigenvalue weighted by molar-refractivity contribution is 6.29. The predicted octanol–water partition coefficient (Wildman–Crippen LogP) is 3.67. The quantitative estimate of drug-likeness (QED) is 0.793. The summed E-state index contributed by atoms with van der Waals surface area (Å²) in [6, 6.07) is 13.8. The van der Waals surface area contributed by atoms with Crippen molar-refractivity contribution in [2.75, 3.05) is 13.1 Å². The van der Waals surface area contributed by atoms with Crippen LogP contribution >= 0.6 is 11.6 Å². The summed E-state index contributed by atoms with van der Waals surface area (Å²) in [4.78, 5) is 18.6. The molecule has 2 heterocycles. The standard InChI is InChI=1S/C17H17ClN2O/c1-12-9-15(10-16(18)19-12)17(21)20-8-7-14(11-20)13-5-3-2-4-6-13/h2-6,9-10,14H,7-8,11H2,1H3. The van der Waals surface area contributed by atoms with E-state index in [1.165, 1.54) is 5.56 Å². The molecule has 1 aliphatic rings. The zero-order valence-corrected chi connectivity index (χ0v) is 12.7. The van der Waals surface area contributed by atoms with E-state index in [1.54, 1.807) is 12.1 Å². The molecule has 21 heavy (non-hydrogen) atoms. The van der Waals surface area contributed by atoms with Gasteiger partial charge in [-0.05, 0) is 31.0 Å². The van der Waals surface area contributed by atoms with E-state index >= 15 is 0 Å². The van der Waals surface area contributed by atoms with Gasteiger partial charge >= 0.3 is 0 Å². The second kappa shape index (κ2) is 5.86.